The average molecular weight is 247 g/mol. The Morgan fingerprint density at radius 2 is 1.39 bits per heavy atom. The molecule has 0 unspecified atom stereocenters. The maximum absolute atomic E-state index is 12.9. The Morgan fingerprint density at radius 1 is 0.889 bits per heavy atom. The zero-order chi connectivity index (χ0) is 12.7. The summed E-state index contributed by atoms with van der Waals surface area (Å²) in [7, 11) is 0. The number of benzene rings is 1. The molecule has 3 nitrogen and oxygen atoms in total. The van der Waals surface area contributed by atoms with E-state index in [0.717, 1.165) is 36.8 Å². The third-order valence-electron chi connectivity index (χ3n) is 3.52. The zero-order valence-corrected chi connectivity index (χ0v) is 9.86. The molecule has 0 bridgehead atoms. The summed E-state index contributed by atoms with van der Waals surface area (Å²) in [5.74, 6) is -0.183. The molecule has 4 heteroatoms. The van der Waals surface area contributed by atoms with Crippen molar-refractivity contribution >= 4 is 0 Å². The van der Waals surface area contributed by atoms with Crippen LogP contribution >= 0.6 is 0 Å². The highest BCUT2D eigenvalue weighted by Crippen LogP contribution is 2.40. The van der Waals surface area contributed by atoms with Gasteiger partial charge in [0.25, 0.3) is 0 Å². The standard InChI is InChI=1S/C14H14FNO2/c15-9-5-7-10(8-6-9)16-13(17)11-3-1-2-4-12(11)14(16)18/h5-8,17-18H,1-4H2. The summed E-state index contributed by atoms with van der Waals surface area (Å²) >= 11 is 0. The fourth-order valence-corrected chi connectivity index (χ4v) is 2.60. The van der Waals surface area contributed by atoms with Gasteiger partial charge < -0.3 is 10.2 Å². The number of fused-ring (bicyclic) bond motifs is 1. The van der Waals surface area contributed by atoms with E-state index in [1.54, 1.807) is 12.1 Å². The van der Waals surface area contributed by atoms with E-state index in [1.165, 1.54) is 16.7 Å². The molecule has 1 aromatic heterocycles. The lowest BCUT2D eigenvalue weighted by atomic mass is 9.95. The summed E-state index contributed by atoms with van der Waals surface area (Å²) in [6.07, 6.45) is 3.60. The Morgan fingerprint density at radius 3 is 1.89 bits per heavy atom. The highest BCUT2D eigenvalue weighted by molar-refractivity contribution is 5.53. The third-order valence-corrected chi connectivity index (χ3v) is 3.52. The van der Waals surface area contributed by atoms with Gasteiger partial charge in [-0.05, 0) is 49.9 Å². The topological polar surface area (TPSA) is 45.4 Å². The Kier molecular flexibility index (Phi) is 2.51. The fourth-order valence-electron chi connectivity index (χ4n) is 2.60. The van der Waals surface area contributed by atoms with Gasteiger partial charge in [-0.1, -0.05) is 0 Å². The lowest BCUT2D eigenvalue weighted by Gasteiger charge is -2.09. The van der Waals surface area contributed by atoms with Crippen molar-refractivity contribution in [3.8, 4) is 17.4 Å². The van der Waals surface area contributed by atoms with Gasteiger partial charge in [-0.25, -0.2) is 4.39 Å². The quantitative estimate of drug-likeness (QED) is 0.813. The second-order valence-corrected chi connectivity index (χ2v) is 4.62. The molecule has 1 aromatic carbocycles. The van der Waals surface area contributed by atoms with Crippen molar-refractivity contribution in [2.75, 3.05) is 0 Å². The molecule has 0 atom stereocenters. The number of rotatable bonds is 1. The highest BCUT2D eigenvalue weighted by Gasteiger charge is 2.24. The first kappa shape index (κ1) is 11.1. The molecule has 94 valence electrons. The van der Waals surface area contributed by atoms with Gasteiger partial charge in [-0.3, -0.25) is 4.57 Å². The van der Waals surface area contributed by atoms with Crippen LogP contribution in [0.1, 0.15) is 24.0 Å². The molecule has 1 aliphatic rings. The molecule has 0 aliphatic heterocycles. The van der Waals surface area contributed by atoms with Gasteiger partial charge >= 0.3 is 0 Å². The smallest absolute Gasteiger partial charge is 0.202 e. The van der Waals surface area contributed by atoms with Gasteiger partial charge in [-0.15, -0.1) is 0 Å². The van der Waals surface area contributed by atoms with Gasteiger partial charge in [0.05, 0.1) is 5.69 Å². The largest absolute Gasteiger partial charge is 0.494 e. The number of aromatic hydroxyl groups is 2. The summed E-state index contributed by atoms with van der Waals surface area (Å²) in [6.45, 7) is 0. The Bertz CT molecular complexity index is 557. The molecule has 1 aliphatic carbocycles. The van der Waals surface area contributed by atoms with Crippen molar-refractivity contribution in [1.82, 2.24) is 4.57 Å². The highest BCUT2D eigenvalue weighted by atomic mass is 19.1. The normalized spacial score (nSPS) is 14.5. The van der Waals surface area contributed by atoms with E-state index in [9.17, 15) is 14.6 Å². The molecule has 2 aromatic rings. The summed E-state index contributed by atoms with van der Waals surface area (Å²) in [4.78, 5) is 0. The SMILES string of the molecule is Oc1c2c(c(O)n1-c1ccc(F)cc1)CCCC2. The molecular weight excluding hydrogens is 233 g/mol. The fraction of sp³-hybridized carbons (Fsp3) is 0.286. The Hall–Kier alpha value is -1.97. The first-order valence-corrected chi connectivity index (χ1v) is 6.09. The van der Waals surface area contributed by atoms with Crippen LogP contribution in [0.4, 0.5) is 4.39 Å². The van der Waals surface area contributed by atoms with Crippen molar-refractivity contribution in [2.45, 2.75) is 25.7 Å². The minimum atomic E-state index is -0.338. The van der Waals surface area contributed by atoms with Gasteiger partial charge in [0.2, 0.25) is 11.8 Å². The van der Waals surface area contributed by atoms with E-state index < -0.39 is 0 Å². The predicted molar refractivity (Wildman–Crippen MR) is 65.7 cm³/mol. The maximum atomic E-state index is 12.9. The second kappa shape index (κ2) is 4.05. The molecule has 0 amide bonds. The third kappa shape index (κ3) is 1.56. The monoisotopic (exact) mass is 247 g/mol. The maximum Gasteiger partial charge on any atom is 0.202 e. The summed E-state index contributed by atoms with van der Waals surface area (Å²) in [5.41, 5.74) is 2.21. The van der Waals surface area contributed by atoms with Crippen LogP contribution in [0, 0.1) is 5.82 Å². The number of hydrogen-bond acceptors (Lipinski definition) is 2. The van der Waals surface area contributed by atoms with Crippen LogP contribution < -0.4 is 0 Å². The van der Waals surface area contributed by atoms with Gasteiger partial charge in [0, 0.05) is 11.1 Å². The van der Waals surface area contributed by atoms with E-state index in [4.69, 9.17) is 0 Å². The Balaban J connectivity index is 2.17. The van der Waals surface area contributed by atoms with Gasteiger partial charge in [0.15, 0.2) is 0 Å². The Labute approximate surface area is 104 Å². The molecule has 1 heterocycles. The number of hydrogen-bond donors (Lipinski definition) is 2. The first-order valence-electron chi connectivity index (χ1n) is 6.09. The molecule has 0 radical (unpaired) electrons. The minimum Gasteiger partial charge on any atom is -0.494 e. The van der Waals surface area contributed by atoms with E-state index >= 15 is 0 Å². The van der Waals surface area contributed by atoms with E-state index in [2.05, 4.69) is 0 Å². The lowest BCUT2D eigenvalue weighted by Crippen LogP contribution is -1.98. The van der Waals surface area contributed by atoms with Crippen molar-refractivity contribution in [2.24, 2.45) is 0 Å². The van der Waals surface area contributed by atoms with Crippen LogP contribution in [0.5, 0.6) is 11.8 Å². The molecule has 0 saturated heterocycles. The average Bonchev–Trinajstić information content (AvgIpc) is 2.64. The zero-order valence-electron chi connectivity index (χ0n) is 9.86. The lowest BCUT2D eigenvalue weighted by molar-refractivity contribution is 0.399. The molecular formula is C14H14FNO2. The van der Waals surface area contributed by atoms with Crippen LogP contribution in [0.15, 0.2) is 24.3 Å². The molecule has 18 heavy (non-hydrogen) atoms. The molecule has 0 fully saturated rings. The molecule has 0 spiro atoms. The number of halogens is 1. The summed E-state index contributed by atoms with van der Waals surface area (Å²) in [5, 5.41) is 20.4. The van der Waals surface area contributed by atoms with Crippen LogP contribution in [-0.4, -0.2) is 14.8 Å². The van der Waals surface area contributed by atoms with Gasteiger partial charge in [0.1, 0.15) is 5.82 Å². The van der Waals surface area contributed by atoms with E-state index in [1.807, 2.05) is 0 Å². The van der Waals surface area contributed by atoms with Crippen molar-refractivity contribution in [1.29, 1.82) is 0 Å². The van der Waals surface area contributed by atoms with Crippen molar-refractivity contribution < 1.29 is 14.6 Å². The van der Waals surface area contributed by atoms with E-state index in [-0.39, 0.29) is 17.6 Å². The minimum absolute atomic E-state index is 0.0776. The van der Waals surface area contributed by atoms with Crippen molar-refractivity contribution in [3.05, 3.63) is 41.2 Å². The molecule has 3 rings (SSSR count). The van der Waals surface area contributed by atoms with Crippen LogP contribution in [0.3, 0.4) is 0 Å². The van der Waals surface area contributed by atoms with Crippen LogP contribution in [-0.2, 0) is 12.8 Å². The first-order chi connectivity index (χ1) is 8.68. The summed E-state index contributed by atoms with van der Waals surface area (Å²) in [6, 6.07) is 5.71. The molecule has 2 N–H and O–H groups in total. The van der Waals surface area contributed by atoms with E-state index in [0.29, 0.717) is 5.69 Å². The van der Waals surface area contributed by atoms with Gasteiger partial charge in [-0.2, -0.15) is 0 Å². The molecule has 0 saturated carbocycles. The summed E-state index contributed by atoms with van der Waals surface area (Å²) < 4.78 is 14.3. The van der Waals surface area contributed by atoms with Crippen LogP contribution in [0.2, 0.25) is 0 Å². The van der Waals surface area contributed by atoms with Crippen molar-refractivity contribution in [3.63, 3.8) is 0 Å². The number of aromatic nitrogens is 1. The predicted octanol–water partition coefficient (Wildman–Crippen LogP) is 2.91. The number of nitrogens with zero attached hydrogens (tertiary/aromatic N) is 1. The second-order valence-electron chi connectivity index (χ2n) is 4.62. The van der Waals surface area contributed by atoms with Crippen LogP contribution in [0.25, 0.3) is 5.69 Å².